The molecule has 1 aromatic heterocycles. The lowest BCUT2D eigenvalue weighted by atomic mass is 10.2. The molecule has 33 heavy (non-hydrogen) atoms. The zero-order chi connectivity index (χ0) is 23.6. The standard InChI is InChI=1S/C24H21ClN4O3S/c1-16-15-17(2)29(27-16)22-11-3-18(4-12-22)24(30)26-20-9-13-23(14-10-20)33(31,32)28-21-7-5-19(25)6-8-21/h3-15,28H,1-2H3,(H,26,30). The third kappa shape index (κ3) is 5.24. The maximum Gasteiger partial charge on any atom is 0.261 e. The van der Waals surface area contributed by atoms with Crippen LogP contribution in [-0.4, -0.2) is 24.1 Å². The predicted molar refractivity (Wildman–Crippen MR) is 130 cm³/mol. The molecule has 0 aliphatic carbocycles. The van der Waals surface area contributed by atoms with Gasteiger partial charge in [0.1, 0.15) is 0 Å². The molecule has 0 bridgehead atoms. The number of nitrogens with one attached hydrogen (secondary N) is 2. The molecule has 0 saturated heterocycles. The lowest BCUT2D eigenvalue weighted by molar-refractivity contribution is 0.102. The molecular weight excluding hydrogens is 460 g/mol. The maximum absolute atomic E-state index is 12.6. The van der Waals surface area contributed by atoms with E-state index in [2.05, 4.69) is 15.1 Å². The van der Waals surface area contributed by atoms with Crippen molar-refractivity contribution in [3.8, 4) is 5.69 Å². The summed E-state index contributed by atoms with van der Waals surface area (Å²) in [4.78, 5) is 12.7. The molecule has 0 unspecified atom stereocenters. The fourth-order valence-electron chi connectivity index (χ4n) is 3.30. The summed E-state index contributed by atoms with van der Waals surface area (Å²) in [6.07, 6.45) is 0. The van der Waals surface area contributed by atoms with Crippen molar-refractivity contribution in [3.05, 3.63) is 101 Å². The highest BCUT2D eigenvalue weighted by Crippen LogP contribution is 2.20. The smallest absolute Gasteiger partial charge is 0.261 e. The van der Waals surface area contributed by atoms with Gasteiger partial charge in [0.15, 0.2) is 0 Å². The number of hydrogen-bond acceptors (Lipinski definition) is 4. The highest BCUT2D eigenvalue weighted by molar-refractivity contribution is 7.92. The van der Waals surface area contributed by atoms with Crippen LogP contribution in [0.1, 0.15) is 21.7 Å². The van der Waals surface area contributed by atoms with Crippen molar-refractivity contribution in [2.24, 2.45) is 0 Å². The van der Waals surface area contributed by atoms with E-state index in [1.807, 2.05) is 36.7 Å². The molecule has 1 amide bonds. The van der Waals surface area contributed by atoms with Crippen LogP contribution in [0.25, 0.3) is 5.69 Å². The molecule has 4 aromatic rings. The van der Waals surface area contributed by atoms with Crippen molar-refractivity contribution in [2.45, 2.75) is 18.7 Å². The van der Waals surface area contributed by atoms with Gasteiger partial charge in [0.05, 0.1) is 16.3 Å². The fourth-order valence-corrected chi connectivity index (χ4v) is 4.48. The van der Waals surface area contributed by atoms with Crippen LogP contribution >= 0.6 is 11.6 Å². The van der Waals surface area contributed by atoms with Crippen LogP contribution in [0.5, 0.6) is 0 Å². The molecule has 7 nitrogen and oxygen atoms in total. The Bertz CT molecular complexity index is 1400. The number of benzene rings is 3. The van der Waals surface area contributed by atoms with Crippen LogP contribution in [0.15, 0.2) is 83.8 Å². The van der Waals surface area contributed by atoms with Crippen LogP contribution in [-0.2, 0) is 10.0 Å². The summed E-state index contributed by atoms with van der Waals surface area (Å²) in [6.45, 7) is 3.89. The van der Waals surface area contributed by atoms with Gasteiger partial charge in [-0.2, -0.15) is 5.10 Å². The van der Waals surface area contributed by atoms with Crippen molar-refractivity contribution in [3.63, 3.8) is 0 Å². The second-order valence-electron chi connectivity index (χ2n) is 7.48. The Kier molecular flexibility index (Phi) is 6.22. The number of rotatable bonds is 6. The zero-order valence-corrected chi connectivity index (χ0v) is 19.5. The number of anilines is 2. The first kappa shape index (κ1) is 22.6. The summed E-state index contributed by atoms with van der Waals surface area (Å²) in [5.74, 6) is -0.301. The van der Waals surface area contributed by atoms with E-state index >= 15 is 0 Å². The van der Waals surface area contributed by atoms with Gasteiger partial charge in [-0.25, -0.2) is 13.1 Å². The van der Waals surface area contributed by atoms with E-state index in [0.29, 0.717) is 22.0 Å². The lowest BCUT2D eigenvalue weighted by Gasteiger charge is -2.10. The predicted octanol–water partition coefficient (Wildman–Crippen LogP) is 5.20. The van der Waals surface area contributed by atoms with Gasteiger partial charge in [-0.1, -0.05) is 11.6 Å². The first-order valence-corrected chi connectivity index (χ1v) is 11.9. The molecule has 0 atom stereocenters. The number of aromatic nitrogens is 2. The molecule has 3 aromatic carbocycles. The van der Waals surface area contributed by atoms with Crippen molar-refractivity contribution in [2.75, 3.05) is 10.0 Å². The Morgan fingerprint density at radius 1 is 0.879 bits per heavy atom. The molecule has 0 aliphatic heterocycles. The topological polar surface area (TPSA) is 93.1 Å². The largest absolute Gasteiger partial charge is 0.322 e. The Hall–Kier alpha value is -3.62. The number of carbonyl (C=O) groups is 1. The maximum atomic E-state index is 12.6. The summed E-state index contributed by atoms with van der Waals surface area (Å²) in [5.41, 5.74) is 4.14. The highest BCUT2D eigenvalue weighted by atomic mass is 35.5. The summed E-state index contributed by atoms with van der Waals surface area (Å²) in [5, 5.41) is 7.73. The van der Waals surface area contributed by atoms with E-state index in [1.54, 1.807) is 48.5 Å². The summed E-state index contributed by atoms with van der Waals surface area (Å²) in [6, 6.07) is 21.4. The minimum absolute atomic E-state index is 0.0738. The minimum Gasteiger partial charge on any atom is -0.322 e. The molecule has 1 heterocycles. The van der Waals surface area contributed by atoms with Gasteiger partial charge in [-0.15, -0.1) is 0 Å². The summed E-state index contributed by atoms with van der Waals surface area (Å²) >= 11 is 5.83. The highest BCUT2D eigenvalue weighted by Gasteiger charge is 2.15. The second-order valence-corrected chi connectivity index (χ2v) is 9.60. The average Bonchev–Trinajstić information content (AvgIpc) is 3.13. The van der Waals surface area contributed by atoms with Gasteiger partial charge in [0.25, 0.3) is 15.9 Å². The van der Waals surface area contributed by atoms with Gasteiger partial charge in [-0.3, -0.25) is 9.52 Å². The van der Waals surface area contributed by atoms with Gasteiger partial charge in [0.2, 0.25) is 0 Å². The fraction of sp³-hybridized carbons (Fsp3) is 0.0833. The average molecular weight is 481 g/mol. The molecule has 2 N–H and O–H groups in total. The number of nitrogens with zero attached hydrogens (tertiary/aromatic N) is 2. The zero-order valence-electron chi connectivity index (χ0n) is 17.9. The third-order valence-electron chi connectivity index (χ3n) is 4.90. The molecule has 0 fully saturated rings. The Morgan fingerprint density at radius 3 is 2.06 bits per heavy atom. The quantitative estimate of drug-likeness (QED) is 0.397. The van der Waals surface area contributed by atoms with Crippen LogP contribution in [0.4, 0.5) is 11.4 Å². The molecule has 0 radical (unpaired) electrons. The third-order valence-corrected chi connectivity index (χ3v) is 6.55. The molecule has 168 valence electrons. The van der Waals surface area contributed by atoms with Crippen LogP contribution in [0.3, 0.4) is 0 Å². The number of halogens is 1. The van der Waals surface area contributed by atoms with Gasteiger partial charge < -0.3 is 5.32 Å². The Morgan fingerprint density at radius 2 is 1.48 bits per heavy atom. The second kappa shape index (κ2) is 9.09. The van der Waals surface area contributed by atoms with Crippen molar-refractivity contribution >= 4 is 38.9 Å². The first-order chi connectivity index (χ1) is 15.7. The number of carbonyl (C=O) groups excluding carboxylic acids is 1. The monoisotopic (exact) mass is 480 g/mol. The molecule has 4 rings (SSSR count). The Balaban J connectivity index is 1.43. The summed E-state index contributed by atoms with van der Waals surface area (Å²) < 4.78 is 29.5. The van der Waals surface area contributed by atoms with E-state index in [-0.39, 0.29) is 10.8 Å². The van der Waals surface area contributed by atoms with E-state index in [4.69, 9.17) is 11.6 Å². The Labute approximate surface area is 197 Å². The van der Waals surface area contributed by atoms with Gasteiger partial charge in [0, 0.05) is 27.7 Å². The molecule has 9 heteroatoms. The van der Waals surface area contributed by atoms with Crippen LogP contribution < -0.4 is 10.0 Å². The van der Waals surface area contributed by atoms with Crippen LogP contribution in [0.2, 0.25) is 5.02 Å². The number of hydrogen-bond donors (Lipinski definition) is 2. The molecule has 0 aliphatic rings. The van der Waals surface area contributed by atoms with Gasteiger partial charge >= 0.3 is 0 Å². The van der Waals surface area contributed by atoms with E-state index in [9.17, 15) is 13.2 Å². The number of amides is 1. The molecular formula is C24H21ClN4O3S. The van der Waals surface area contributed by atoms with Crippen molar-refractivity contribution in [1.29, 1.82) is 0 Å². The summed E-state index contributed by atoms with van der Waals surface area (Å²) in [7, 11) is -3.77. The van der Waals surface area contributed by atoms with Crippen molar-refractivity contribution in [1.82, 2.24) is 9.78 Å². The van der Waals surface area contributed by atoms with Crippen LogP contribution in [0, 0.1) is 13.8 Å². The van der Waals surface area contributed by atoms with Crippen molar-refractivity contribution < 1.29 is 13.2 Å². The molecule has 0 saturated carbocycles. The minimum atomic E-state index is -3.77. The van der Waals surface area contributed by atoms with Gasteiger partial charge in [-0.05, 0) is 92.7 Å². The van der Waals surface area contributed by atoms with E-state index in [1.165, 1.54) is 12.1 Å². The molecule has 0 spiro atoms. The first-order valence-electron chi connectivity index (χ1n) is 10.0. The number of sulfonamides is 1. The van der Waals surface area contributed by atoms with E-state index in [0.717, 1.165) is 17.1 Å². The van der Waals surface area contributed by atoms with E-state index < -0.39 is 10.0 Å². The normalized spacial score (nSPS) is 11.2. The SMILES string of the molecule is Cc1cc(C)n(-c2ccc(C(=O)Nc3ccc(S(=O)(=O)Nc4ccc(Cl)cc4)cc3)cc2)n1. The number of aryl methyl sites for hydroxylation is 2. The lowest BCUT2D eigenvalue weighted by Crippen LogP contribution is -2.14.